The zero-order valence-corrected chi connectivity index (χ0v) is 21.4. The van der Waals surface area contributed by atoms with Crippen LogP contribution in [-0.2, 0) is 4.79 Å². The fourth-order valence-electron chi connectivity index (χ4n) is 8.18. The Morgan fingerprint density at radius 3 is 2.45 bits per heavy atom. The molecule has 0 aliphatic heterocycles. The minimum Gasteiger partial charge on any atom is -0.481 e. The predicted molar refractivity (Wildman–Crippen MR) is 132 cm³/mol. The zero-order valence-electron chi connectivity index (χ0n) is 21.4. The van der Waals surface area contributed by atoms with E-state index in [-0.39, 0.29) is 22.9 Å². The molecule has 0 aromatic heterocycles. The summed E-state index contributed by atoms with van der Waals surface area (Å²) in [7, 11) is 0. The molecule has 4 nitrogen and oxygen atoms in total. The lowest BCUT2D eigenvalue weighted by Gasteiger charge is -2.57. The molecule has 0 saturated heterocycles. The van der Waals surface area contributed by atoms with Crippen LogP contribution in [0.4, 0.5) is 0 Å². The average Bonchev–Trinajstić information content (AvgIpc) is 2.94. The Balaban J connectivity index is 1.70. The molecule has 8 atom stereocenters. The van der Waals surface area contributed by atoms with E-state index in [0.29, 0.717) is 24.7 Å². The molecule has 0 unspecified atom stereocenters. The number of carboxylic acids is 1. The van der Waals surface area contributed by atoms with Gasteiger partial charge in [-0.05, 0) is 98.5 Å². The largest absolute Gasteiger partial charge is 0.481 e. The van der Waals surface area contributed by atoms with Crippen molar-refractivity contribution in [1.82, 2.24) is 0 Å². The maximum absolute atomic E-state index is 12.4. The van der Waals surface area contributed by atoms with E-state index in [1.54, 1.807) is 0 Å². The van der Waals surface area contributed by atoms with Crippen LogP contribution in [-0.4, -0.2) is 33.5 Å². The van der Waals surface area contributed by atoms with Gasteiger partial charge in [-0.1, -0.05) is 51.5 Å². The van der Waals surface area contributed by atoms with Gasteiger partial charge < -0.3 is 15.3 Å². The molecule has 0 radical (unpaired) electrons. The zero-order chi connectivity index (χ0) is 24.3. The Labute approximate surface area is 199 Å². The first kappa shape index (κ1) is 24.7. The number of carbonyl (C=O) groups is 1. The number of aliphatic hydroxyl groups excluding tert-OH is 2. The highest BCUT2D eigenvalue weighted by Crippen LogP contribution is 2.69. The fraction of sp³-hybridized carbons (Fsp3) is 0.759. The van der Waals surface area contributed by atoms with Crippen molar-refractivity contribution in [1.29, 1.82) is 0 Å². The number of carboxylic acid groups (broad SMARTS) is 1. The molecule has 2 fully saturated rings. The average molecular weight is 457 g/mol. The standard InChI is InChI=1S/C29H44O4/c1-17(2)8-7-9-20(26(32)33)23-16-25(31)29(6)22-12-11-21-18(10-13-24(30)27(21,3)4)19(22)14-15-28(23,29)5/h8,12,14,18,20-21,23-25,30-31H,7,9-11,13,15-16H2,1-6H3,(H,32,33)/t18-,20+,21-,23+,24-,25-,28+,29+/m0/s1. The number of hydrogen-bond donors (Lipinski definition) is 3. The Kier molecular flexibility index (Phi) is 6.27. The second-order valence-corrected chi connectivity index (χ2v) is 12.6. The van der Waals surface area contributed by atoms with Crippen molar-refractivity contribution >= 4 is 5.97 Å². The van der Waals surface area contributed by atoms with E-state index in [4.69, 9.17) is 0 Å². The number of hydrogen-bond acceptors (Lipinski definition) is 3. The molecule has 3 N–H and O–H groups in total. The highest BCUT2D eigenvalue weighted by atomic mass is 16.4. The lowest BCUT2D eigenvalue weighted by atomic mass is 9.48. The highest BCUT2D eigenvalue weighted by Gasteiger charge is 2.65. The summed E-state index contributed by atoms with van der Waals surface area (Å²) in [5.41, 5.74) is 3.03. The van der Waals surface area contributed by atoms with Crippen molar-refractivity contribution in [3.63, 3.8) is 0 Å². The van der Waals surface area contributed by atoms with E-state index in [1.165, 1.54) is 16.7 Å². The molecule has 0 spiro atoms. The lowest BCUT2D eigenvalue weighted by molar-refractivity contribution is -0.146. The van der Waals surface area contributed by atoms with Crippen molar-refractivity contribution in [3.8, 4) is 0 Å². The molecule has 0 amide bonds. The smallest absolute Gasteiger partial charge is 0.306 e. The van der Waals surface area contributed by atoms with Crippen LogP contribution in [0.15, 0.2) is 34.9 Å². The summed E-state index contributed by atoms with van der Waals surface area (Å²) in [5, 5.41) is 32.4. The summed E-state index contributed by atoms with van der Waals surface area (Å²) in [6.45, 7) is 12.9. The first-order valence-electron chi connectivity index (χ1n) is 13.0. The number of fused-ring (bicyclic) bond motifs is 5. The Morgan fingerprint density at radius 2 is 1.82 bits per heavy atom. The normalized spacial score (nSPS) is 42.2. The van der Waals surface area contributed by atoms with Crippen molar-refractivity contribution in [2.75, 3.05) is 0 Å². The molecule has 4 aliphatic rings. The molecular formula is C29H44O4. The van der Waals surface area contributed by atoms with Gasteiger partial charge in [-0.2, -0.15) is 0 Å². The van der Waals surface area contributed by atoms with Gasteiger partial charge in [-0.15, -0.1) is 0 Å². The Bertz CT molecular complexity index is 891. The van der Waals surface area contributed by atoms with Crippen LogP contribution in [0.2, 0.25) is 0 Å². The van der Waals surface area contributed by atoms with Crippen LogP contribution >= 0.6 is 0 Å². The monoisotopic (exact) mass is 456 g/mol. The molecule has 4 heteroatoms. The molecule has 2 saturated carbocycles. The summed E-state index contributed by atoms with van der Waals surface area (Å²) >= 11 is 0. The van der Waals surface area contributed by atoms with E-state index >= 15 is 0 Å². The van der Waals surface area contributed by atoms with E-state index in [0.717, 1.165) is 32.1 Å². The number of allylic oxidation sites excluding steroid dienone is 5. The van der Waals surface area contributed by atoms with E-state index in [1.807, 2.05) is 0 Å². The summed E-state index contributed by atoms with van der Waals surface area (Å²) in [6.07, 6.45) is 11.6. The van der Waals surface area contributed by atoms with E-state index < -0.39 is 23.4 Å². The van der Waals surface area contributed by atoms with Crippen LogP contribution in [0.3, 0.4) is 0 Å². The Morgan fingerprint density at radius 1 is 1.12 bits per heavy atom. The van der Waals surface area contributed by atoms with Gasteiger partial charge in [0.2, 0.25) is 0 Å². The molecule has 4 rings (SSSR count). The number of rotatable bonds is 5. The van der Waals surface area contributed by atoms with Crippen LogP contribution in [0.5, 0.6) is 0 Å². The summed E-state index contributed by atoms with van der Waals surface area (Å²) < 4.78 is 0. The molecule has 0 heterocycles. The summed E-state index contributed by atoms with van der Waals surface area (Å²) in [5.74, 6) is -0.395. The number of aliphatic hydroxyl groups is 2. The molecule has 33 heavy (non-hydrogen) atoms. The van der Waals surface area contributed by atoms with Gasteiger partial charge in [-0.25, -0.2) is 0 Å². The van der Waals surface area contributed by atoms with Crippen LogP contribution < -0.4 is 0 Å². The lowest BCUT2D eigenvalue weighted by Crippen LogP contribution is -2.52. The third-order valence-corrected chi connectivity index (χ3v) is 10.6. The van der Waals surface area contributed by atoms with Crippen molar-refractivity contribution in [2.45, 2.75) is 98.7 Å². The summed E-state index contributed by atoms with van der Waals surface area (Å²) in [4.78, 5) is 12.4. The Hall–Kier alpha value is -1.39. The topological polar surface area (TPSA) is 77.8 Å². The minimum atomic E-state index is -0.727. The third-order valence-electron chi connectivity index (χ3n) is 10.6. The molecule has 0 aromatic rings. The maximum Gasteiger partial charge on any atom is 0.306 e. The van der Waals surface area contributed by atoms with Crippen LogP contribution in [0.1, 0.15) is 86.5 Å². The van der Waals surface area contributed by atoms with E-state index in [9.17, 15) is 20.1 Å². The molecular weight excluding hydrogens is 412 g/mol. The van der Waals surface area contributed by atoms with Crippen molar-refractivity contribution < 1.29 is 20.1 Å². The molecule has 0 bridgehead atoms. The summed E-state index contributed by atoms with van der Waals surface area (Å²) in [6, 6.07) is 0. The first-order valence-corrected chi connectivity index (χ1v) is 13.0. The minimum absolute atomic E-state index is 0.0541. The number of aliphatic carboxylic acids is 1. The van der Waals surface area contributed by atoms with Gasteiger partial charge in [0.1, 0.15) is 0 Å². The van der Waals surface area contributed by atoms with Crippen molar-refractivity contribution in [2.24, 2.45) is 39.9 Å². The maximum atomic E-state index is 12.4. The molecule has 0 aromatic carbocycles. The van der Waals surface area contributed by atoms with Gasteiger partial charge in [0.25, 0.3) is 0 Å². The van der Waals surface area contributed by atoms with Gasteiger partial charge in [-0.3, -0.25) is 4.79 Å². The highest BCUT2D eigenvalue weighted by molar-refractivity contribution is 5.71. The van der Waals surface area contributed by atoms with Gasteiger partial charge in [0, 0.05) is 5.41 Å². The van der Waals surface area contributed by atoms with Gasteiger partial charge in [0.15, 0.2) is 0 Å². The second kappa shape index (κ2) is 8.37. The van der Waals surface area contributed by atoms with E-state index in [2.05, 4.69) is 59.8 Å². The van der Waals surface area contributed by atoms with Crippen molar-refractivity contribution in [3.05, 3.63) is 34.9 Å². The molecule has 184 valence electrons. The third kappa shape index (κ3) is 3.58. The van der Waals surface area contributed by atoms with Gasteiger partial charge in [0.05, 0.1) is 18.1 Å². The predicted octanol–water partition coefficient (Wildman–Crippen LogP) is 5.90. The SMILES string of the molecule is CC(C)=CCC[C@@H](C(=O)O)[C@H]1C[C@H](O)[C@@]2(C)C3=CC[C@H]4[C@@H](CC[C@H](O)C4(C)C)C3=CC[C@]12C. The fourth-order valence-corrected chi connectivity index (χ4v) is 8.18. The first-order chi connectivity index (χ1) is 15.4. The molecule has 4 aliphatic carbocycles. The van der Waals surface area contributed by atoms with Crippen LogP contribution in [0, 0.1) is 39.9 Å². The van der Waals surface area contributed by atoms with Crippen LogP contribution in [0.25, 0.3) is 0 Å². The van der Waals surface area contributed by atoms with Gasteiger partial charge >= 0.3 is 5.97 Å². The second-order valence-electron chi connectivity index (χ2n) is 12.6. The quantitative estimate of drug-likeness (QED) is 0.450.